The molecule has 1 saturated heterocycles. The lowest BCUT2D eigenvalue weighted by Gasteiger charge is -2.43. The second-order valence-electron chi connectivity index (χ2n) is 9.81. The molecule has 0 saturated carbocycles. The first-order valence-corrected chi connectivity index (χ1v) is 11.6. The van der Waals surface area contributed by atoms with Gasteiger partial charge in [0.05, 0.1) is 24.6 Å². The summed E-state index contributed by atoms with van der Waals surface area (Å²) in [7, 11) is 0. The zero-order valence-corrected chi connectivity index (χ0v) is 19.9. The van der Waals surface area contributed by atoms with Crippen LogP contribution in [0, 0.1) is 0 Å². The van der Waals surface area contributed by atoms with Crippen molar-refractivity contribution in [2.24, 2.45) is 11.5 Å². The van der Waals surface area contributed by atoms with Crippen LogP contribution in [-0.4, -0.2) is 64.2 Å². The maximum absolute atomic E-state index is 13.1. The molecule has 7 N–H and O–H groups in total. The molecular weight excluding hydrogens is 422 g/mol. The van der Waals surface area contributed by atoms with Crippen molar-refractivity contribution in [3.05, 3.63) is 35.9 Å². The van der Waals surface area contributed by atoms with E-state index in [0.29, 0.717) is 25.8 Å². The van der Waals surface area contributed by atoms with Gasteiger partial charge in [-0.2, -0.15) is 0 Å². The number of amides is 3. The minimum atomic E-state index is -1.13. The van der Waals surface area contributed by atoms with Crippen LogP contribution in [0.5, 0.6) is 0 Å². The topological polar surface area (TPSA) is 151 Å². The molecule has 0 aliphatic carbocycles. The number of aliphatic hydroxyl groups is 1. The van der Waals surface area contributed by atoms with Crippen LogP contribution in [-0.2, 0) is 20.8 Å². The molecule has 2 rings (SSSR count). The monoisotopic (exact) mass is 461 g/mol. The molecule has 4 atom stereocenters. The Morgan fingerprint density at radius 3 is 2.45 bits per heavy atom. The third kappa shape index (κ3) is 8.75. The summed E-state index contributed by atoms with van der Waals surface area (Å²) >= 11 is 0. The smallest absolute Gasteiger partial charge is 0.238 e. The highest BCUT2D eigenvalue weighted by Gasteiger charge is 2.39. The van der Waals surface area contributed by atoms with Crippen LogP contribution in [0.4, 0.5) is 0 Å². The fourth-order valence-electron chi connectivity index (χ4n) is 4.10. The van der Waals surface area contributed by atoms with E-state index in [0.717, 1.165) is 18.4 Å². The summed E-state index contributed by atoms with van der Waals surface area (Å²) in [5.74, 6) is -1.41. The lowest BCUT2D eigenvalue weighted by Crippen LogP contribution is -2.64. The van der Waals surface area contributed by atoms with Crippen LogP contribution in [0.1, 0.15) is 58.4 Å². The number of carbonyl (C=O) groups excluding carboxylic acids is 3. The summed E-state index contributed by atoms with van der Waals surface area (Å²) in [5.41, 5.74) is 11.7. The van der Waals surface area contributed by atoms with E-state index in [4.69, 9.17) is 11.5 Å². The Morgan fingerprint density at radius 2 is 1.85 bits per heavy atom. The van der Waals surface area contributed by atoms with Crippen LogP contribution >= 0.6 is 0 Å². The maximum atomic E-state index is 13.1. The predicted octanol–water partition coefficient (Wildman–Crippen LogP) is 0.394. The van der Waals surface area contributed by atoms with Gasteiger partial charge in [0.15, 0.2) is 0 Å². The Balaban J connectivity index is 2.23. The fraction of sp³-hybridized carbons (Fsp3) is 0.625. The number of nitrogens with one attached hydrogen (secondary N) is 2. The fourth-order valence-corrected chi connectivity index (χ4v) is 4.10. The molecule has 1 fully saturated rings. The minimum absolute atomic E-state index is 0.141. The second-order valence-corrected chi connectivity index (χ2v) is 9.81. The van der Waals surface area contributed by atoms with Gasteiger partial charge in [0, 0.05) is 12.1 Å². The summed E-state index contributed by atoms with van der Waals surface area (Å²) in [6, 6.07) is 8.12. The maximum Gasteiger partial charge on any atom is 0.238 e. The van der Waals surface area contributed by atoms with Gasteiger partial charge in [-0.15, -0.1) is 0 Å². The normalized spacial score (nSPS) is 19.8. The zero-order valence-electron chi connectivity index (χ0n) is 19.9. The first kappa shape index (κ1) is 26.8. The van der Waals surface area contributed by atoms with Crippen molar-refractivity contribution in [1.29, 1.82) is 0 Å². The highest BCUT2D eigenvalue weighted by atomic mass is 16.3. The first-order valence-electron chi connectivity index (χ1n) is 11.6. The van der Waals surface area contributed by atoms with E-state index in [9.17, 15) is 19.5 Å². The van der Waals surface area contributed by atoms with Crippen molar-refractivity contribution < 1.29 is 19.5 Å². The first-order chi connectivity index (χ1) is 15.5. The van der Waals surface area contributed by atoms with Crippen molar-refractivity contribution >= 4 is 17.7 Å². The van der Waals surface area contributed by atoms with Gasteiger partial charge in [-0.25, -0.2) is 0 Å². The SMILES string of the molecule is CC(C)(C)NC(=O)[C@@H]1CCCCN1C(NC(=O)[C@@H](N)CC(N)=O)C(O)CCc1ccccc1. The second kappa shape index (κ2) is 12.1. The van der Waals surface area contributed by atoms with Crippen LogP contribution in [0.25, 0.3) is 0 Å². The van der Waals surface area contributed by atoms with E-state index in [1.165, 1.54) is 0 Å². The molecule has 0 bridgehead atoms. The summed E-state index contributed by atoms with van der Waals surface area (Å²) in [6.07, 6.45) is 1.25. The van der Waals surface area contributed by atoms with E-state index < -0.39 is 41.7 Å². The number of rotatable bonds is 10. The van der Waals surface area contributed by atoms with Gasteiger partial charge in [0.25, 0.3) is 0 Å². The number of primary amides is 1. The number of hydrogen-bond acceptors (Lipinski definition) is 6. The van der Waals surface area contributed by atoms with Crippen LogP contribution < -0.4 is 22.1 Å². The Hall–Kier alpha value is -2.49. The van der Waals surface area contributed by atoms with E-state index in [1.54, 1.807) is 0 Å². The largest absolute Gasteiger partial charge is 0.390 e. The molecule has 0 radical (unpaired) electrons. The quantitative estimate of drug-likeness (QED) is 0.340. The number of benzene rings is 1. The molecule has 1 aliphatic heterocycles. The summed E-state index contributed by atoms with van der Waals surface area (Å²) in [6.45, 7) is 6.28. The molecule has 9 heteroatoms. The number of piperidine rings is 1. The van der Waals surface area contributed by atoms with Crippen molar-refractivity contribution in [1.82, 2.24) is 15.5 Å². The van der Waals surface area contributed by atoms with Gasteiger partial charge in [-0.3, -0.25) is 19.3 Å². The Bertz CT molecular complexity index is 796. The van der Waals surface area contributed by atoms with Crippen molar-refractivity contribution in [2.75, 3.05) is 6.54 Å². The summed E-state index contributed by atoms with van der Waals surface area (Å²) in [4.78, 5) is 38.9. The van der Waals surface area contributed by atoms with E-state index in [2.05, 4.69) is 10.6 Å². The molecule has 2 unspecified atom stereocenters. The third-order valence-corrected chi connectivity index (χ3v) is 5.69. The number of likely N-dealkylation sites (tertiary alicyclic amines) is 1. The van der Waals surface area contributed by atoms with Crippen LogP contribution in [0.15, 0.2) is 30.3 Å². The zero-order chi connectivity index (χ0) is 24.6. The van der Waals surface area contributed by atoms with Gasteiger partial charge < -0.3 is 27.2 Å². The number of nitrogens with zero attached hydrogens (tertiary/aromatic N) is 1. The van der Waals surface area contributed by atoms with E-state index in [1.807, 2.05) is 56.0 Å². The van der Waals surface area contributed by atoms with Crippen molar-refractivity contribution in [3.63, 3.8) is 0 Å². The molecule has 1 heterocycles. The molecule has 1 aliphatic rings. The van der Waals surface area contributed by atoms with E-state index in [-0.39, 0.29) is 12.3 Å². The number of carbonyl (C=O) groups is 3. The molecule has 3 amide bonds. The molecular formula is C24H39N5O4. The predicted molar refractivity (Wildman–Crippen MR) is 127 cm³/mol. The molecule has 1 aromatic carbocycles. The minimum Gasteiger partial charge on any atom is -0.390 e. The van der Waals surface area contributed by atoms with Gasteiger partial charge in [0.1, 0.15) is 6.17 Å². The van der Waals surface area contributed by atoms with Crippen molar-refractivity contribution in [3.8, 4) is 0 Å². The number of nitrogens with two attached hydrogens (primary N) is 2. The highest BCUT2D eigenvalue weighted by Crippen LogP contribution is 2.23. The van der Waals surface area contributed by atoms with Gasteiger partial charge in [-0.1, -0.05) is 36.8 Å². The Morgan fingerprint density at radius 1 is 1.18 bits per heavy atom. The third-order valence-electron chi connectivity index (χ3n) is 5.69. The summed E-state index contributed by atoms with van der Waals surface area (Å²) in [5, 5.41) is 17.0. The standard InChI is InChI=1S/C24H39N5O4/c1-24(2,3)28-23(33)18-11-7-8-14-29(18)21(27-22(32)17(25)15-20(26)31)19(30)13-12-16-9-5-4-6-10-16/h4-6,9-10,17-19,21,30H,7-8,11-15,25H2,1-3H3,(H2,26,31)(H,27,32)(H,28,33)/t17-,18-,19?,21?/m0/s1. The van der Waals surface area contributed by atoms with Crippen LogP contribution in [0.3, 0.4) is 0 Å². The molecule has 184 valence electrons. The average Bonchev–Trinajstić information content (AvgIpc) is 2.74. The van der Waals surface area contributed by atoms with Crippen LogP contribution in [0.2, 0.25) is 0 Å². The highest BCUT2D eigenvalue weighted by molar-refractivity contribution is 5.88. The van der Waals surface area contributed by atoms with Gasteiger partial charge in [-0.05, 0) is 52.0 Å². The molecule has 33 heavy (non-hydrogen) atoms. The molecule has 1 aromatic rings. The molecule has 0 spiro atoms. The van der Waals surface area contributed by atoms with E-state index >= 15 is 0 Å². The summed E-state index contributed by atoms with van der Waals surface area (Å²) < 4.78 is 0. The molecule has 0 aromatic heterocycles. The number of aryl methyl sites for hydroxylation is 1. The Labute approximate surface area is 196 Å². The van der Waals surface area contributed by atoms with Gasteiger partial charge >= 0.3 is 0 Å². The average molecular weight is 462 g/mol. The number of hydrogen-bond donors (Lipinski definition) is 5. The lowest BCUT2D eigenvalue weighted by atomic mass is 9.96. The van der Waals surface area contributed by atoms with Gasteiger partial charge in [0.2, 0.25) is 17.7 Å². The Kier molecular flexibility index (Phi) is 9.82. The van der Waals surface area contributed by atoms with Crippen molar-refractivity contribution in [2.45, 2.75) is 89.2 Å². The number of aliphatic hydroxyl groups excluding tert-OH is 1. The lowest BCUT2D eigenvalue weighted by molar-refractivity contribution is -0.137. The molecule has 9 nitrogen and oxygen atoms in total.